The Labute approximate surface area is 105 Å². The van der Waals surface area contributed by atoms with Crippen molar-refractivity contribution in [3.05, 3.63) is 5.82 Å². The van der Waals surface area contributed by atoms with Gasteiger partial charge in [0.25, 0.3) is 0 Å². The van der Waals surface area contributed by atoms with Crippen molar-refractivity contribution in [2.75, 3.05) is 5.84 Å². The Hall–Kier alpha value is -1.22. The van der Waals surface area contributed by atoms with E-state index in [9.17, 15) is 0 Å². The summed E-state index contributed by atoms with van der Waals surface area (Å²) in [4.78, 5) is 0. The Bertz CT molecular complexity index is 416. The summed E-state index contributed by atoms with van der Waals surface area (Å²) in [5.41, 5.74) is 0. The van der Waals surface area contributed by atoms with E-state index in [1.54, 1.807) is 4.68 Å². The second kappa shape index (κ2) is 5.41. The van der Waals surface area contributed by atoms with Crippen LogP contribution in [0.4, 0.5) is 0 Å². The first-order chi connectivity index (χ1) is 8.22. The van der Waals surface area contributed by atoms with Crippen LogP contribution in [0.25, 0.3) is 0 Å². The quantitative estimate of drug-likeness (QED) is 0.657. The van der Waals surface area contributed by atoms with Gasteiger partial charge in [-0.1, -0.05) is 31.0 Å². The zero-order valence-corrected chi connectivity index (χ0v) is 10.8. The van der Waals surface area contributed by atoms with E-state index in [1.165, 1.54) is 31.0 Å². The maximum Gasteiger partial charge on any atom is 0.211 e. The highest BCUT2D eigenvalue weighted by Gasteiger charge is 2.23. The van der Waals surface area contributed by atoms with Crippen molar-refractivity contribution in [2.24, 2.45) is 0 Å². The molecule has 1 heterocycles. The molecule has 0 aromatic carbocycles. The maximum absolute atomic E-state index is 8.77. The molecule has 2 N–H and O–H groups in total. The highest BCUT2D eigenvalue weighted by Crippen LogP contribution is 2.32. The van der Waals surface area contributed by atoms with Crippen LogP contribution in [0.5, 0.6) is 0 Å². The Morgan fingerprint density at radius 2 is 2.12 bits per heavy atom. The van der Waals surface area contributed by atoms with Gasteiger partial charge in [0.05, 0.1) is 11.3 Å². The SMILES string of the molecule is C[C@H](C#N)Sc1nnc(C2CCCCC2)n1N. The van der Waals surface area contributed by atoms with Gasteiger partial charge >= 0.3 is 0 Å². The molecular formula is C11H17N5S. The lowest BCUT2D eigenvalue weighted by atomic mass is 9.89. The number of thioether (sulfide) groups is 1. The molecule has 0 bridgehead atoms. The molecule has 1 aliphatic rings. The molecule has 1 atom stereocenters. The number of nitrogen functional groups attached to an aromatic ring is 1. The van der Waals surface area contributed by atoms with Crippen LogP contribution in [0.3, 0.4) is 0 Å². The van der Waals surface area contributed by atoms with Crippen LogP contribution in [0, 0.1) is 11.3 Å². The molecule has 1 aromatic rings. The normalized spacial score (nSPS) is 18.8. The second-order valence-corrected chi connectivity index (χ2v) is 5.74. The summed E-state index contributed by atoms with van der Waals surface area (Å²) in [7, 11) is 0. The summed E-state index contributed by atoms with van der Waals surface area (Å²) in [5, 5.41) is 17.5. The van der Waals surface area contributed by atoms with Crippen molar-refractivity contribution >= 4 is 11.8 Å². The van der Waals surface area contributed by atoms with E-state index < -0.39 is 0 Å². The molecular weight excluding hydrogens is 234 g/mol. The molecule has 0 amide bonds. The highest BCUT2D eigenvalue weighted by molar-refractivity contribution is 8.00. The molecule has 1 fully saturated rings. The average molecular weight is 251 g/mol. The van der Waals surface area contributed by atoms with E-state index in [4.69, 9.17) is 11.1 Å². The van der Waals surface area contributed by atoms with Gasteiger partial charge in [-0.3, -0.25) is 0 Å². The number of nitrogens with two attached hydrogens (primary N) is 1. The highest BCUT2D eigenvalue weighted by atomic mass is 32.2. The molecule has 17 heavy (non-hydrogen) atoms. The van der Waals surface area contributed by atoms with E-state index in [0.717, 1.165) is 18.7 Å². The molecule has 1 saturated carbocycles. The summed E-state index contributed by atoms with van der Waals surface area (Å²) in [6, 6.07) is 2.16. The first kappa shape index (κ1) is 12.2. The molecule has 6 heteroatoms. The van der Waals surface area contributed by atoms with Gasteiger partial charge in [0.1, 0.15) is 0 Å². The minimum Gasteiger partial charge on any atom is -0.336 e. The predicted molar refractivity (Wildman–Crippen MR) is 66.9 cm³/mol. The largest absolute Gasteiger partial charge is 0.336 e. The Kier molecular flexibility index (Phi) is 3.89. The molecule has 1 aliphatic carbocycles. The molecule has 92 valence electrons. The number of hydrogen-bond donors (Lipinski definition) is 1. The summed E-state index contributed by atoms with van der Waals surface area (Å²) < 4.78 is 1.56. The zero-order valence-electron chi connectivity index (χ0n) is 9.96. The van der Waals surface area contributed by atoms with Crippen molar-refractivity contribution < 1.29 is 0 Å². The maximum atomic E-state index is 8.77. The summed E-state index contributed by atoms with van der Waals surface area (Å²) >= 11 is 1.36. The van der Waals surface area contributed by atoms with E-state index in [1.807, 2.05) is 6.92 Å². The van der Waals surface area contributed by atoms with E-state index in [2.05, 4.69) is 16.3 Å². The lowest BCUT2D eigenvalue weighted by Crippen LogP contribution is -2.19. The number of rotatable bonds is 3. The number of nitriles is 1. The van der Waals surface area contributed by atoms with Gasteiger partial charge in [-0.25, -0.2) is 4.68 Å². The van der Waals surface area contributed by atoms with Crippen LogP contribution in [0.15, 0.2) is 5.16 Å². The predicted octanol–water partition coefficient (Wildman–Crippen LogP) is 2.04. The van der Waals surface area contributed by atoms with Crippen molar-refractivity contribution in [1.29, 1.82) is 5.26 Å². The topological polar surface area (TPSA) is 80.5 Å². The first-order valence-electron chi connectivity index (χ1n) is 5.99. The van der Waals surface area contributed by atoms with Gasteiger partial charge in [-0.05, 0) is 19.8 Å². The third-order valence-electron chi connectivity index (χ3n) is 3.13. The van der Waals surface area contributed by atoms with Crippen molar-refractivity contribution in [3.63, 3.8) is 0 Å². The van der Waals surface area contributed by atoms with Crippen LogP contribution < -0.4 is 5.84 Å². The van der Waals surface area contributed by atoms with Crippen molar-refractivity contribution in [1.82, 2.24) is 14.9 Å². The molecule has 0 radical (unpaired) electrons. The van der Waals surface area contributed by atoms with Crippen LogP contribution >= 0.6 is 11.8 Å². The molecule has 0 spiro atoms. The number of hydrogen-bond acceptors (Lipinski definition) is 5. The van der Waals surface area contributed by atoms with Gasteiger partial charge in [-0.15, -0.1) is 10.2 Å². The van der Waals surface area contributed by atoms with Crippen LogP contribution in [-0.2, 0) is 0 Å². The molecule has 0 aliphatic heterocycles. The van der Waals surface area contributed by atoms with Gasteiger partial charge in [-0.2, -0.15) is 5.26 Å². The first-order valence-corrected chi connectivity index (χ1v) is 6.87. The lowest BCUT2D eigenvalue weighted by Gasteiger charge is -2.20. The molecule has 1 aromatic heterocycles. The van der Waals surface area contributed by atoms with Crippen LogP contribution in [-0.4, -0.2) is 20.1 Å². The fraction of sp³-hybridized carbons (Fsp3) is 0.727. The van der Waals surface area contributed by atoms with Crippen LogP contribution in [0.2, 0.25) is 0 Å². The fourth-order valence-electron chi connectivity index (χ4n) is 2.19. The number of nitrogens with zero attached hydrogens (tertiary/aromatic N) is 4. The summed E-state index contributed by atoms with van der Waals surface area (Å²) in [6.07, 6.45) is 6.09. The van der Waals surface area contributed by atoms with Gasteiger partial charge in [0, 0.05) is 5.92 Å². The second-order valence-electron chi connectivity index (χ2n) is 4.43. The van der Waals surface area contributed by atoms with E-state index in [0.29, 0.717) is 11.1 Å². The Balaban J connectivity index is 2.11. The Morgan fingerprint density at radius 1 is 1.41 bits per heavy atom. The van der Waals surface area contributed by atoms with E-state index in [-0.39, 0.29) is 5.25 Å². The third kappa shape index (κ3) is 2.72. The van der Waals surface area contributed by atoms with Gasteiger partial charge in [0.2, 0.25) is 5.16 Å². The zero-order chi connectivity index (χ0) is 12.3. The summed E-state index contributed by atoms with van der Waals surface area (Å²) in [5.74, 6) is 7.31. The fourth-order valence-corrected chi connectivity index (χ4v) is 2.86. The summed E-state index contributed by atoms with van der Waals surface area (Å²) in [6.45, 7) is 1.83. The standard InChI is InChI=1S/C11H17N5S/c1-8(7-12)17-11-15-14-10(16(11)13)9-5-3-2-4-6-9/h8-9H,2-6,13H2,1H3/t8-/m1/s1. The van der Waals surface area contributed by atoms with Crippen molar-refractivity contribution in [2.45, 2.75) is 55.4 Å². The van der Waals surface area contributed by atoms with Crippen LogP contribution in [0.1, 0.15) is 50.8 Å². The van der Waals surface area contributed by atoms with Crippen molar-refractivity contribution in [3.8, 4) is 6.07 Å². The van der Waals surface area contributed by atoms with E-state index >= 15 is 0 Å². The third-order valence-corrected chi connectivity index (χ3v) is 4.07. The lowest BCUT2D eigenvalue weighted by molar-refractivity contribution is 0.421. The smallest absolute Gasteiger partial charge is 0.211 e. The van der Waals surface area contributed by atoms with Gasteiger partial charge in [0.15, 0.2) is 5.82 Å². The number of aromatic nitrogens is 3. The molecule has 2 rings (SSSR count). The minimum atomic E-state index is -0.152. The molecule has 0 unspecified atom stereocenters. The molecule has 5 nitrogen and oxygen atoms in total. The monoisotopic (exact) mass is 251 g/mol. The van der Waals surface area contributed by atoms with Gasteiger partial charge < -0.3 is 5.84 Å². The minimum absolute atomic E-state index is 0.152. The average Bonchev–Trinajstić information content (AvgIpc) is 2.72. The Morgan fingerprint density at radius 3 is 2.76 bits per heavy atom. The molecule has 0 saturated heterocycles.